The van der Waals surface area contributed by atoms with E-state index < -0.39 is 0 Å². The normalized spacial score (nSPS) is 10.6. The van der Waals surface area contributed by atoms with Crippen molar-refractivity contribution >= 4 is 11.6 Å². The minimum atomic E-state index is -0.384. The molecule has 0 atom stereocenters. The Morgan fingerprint density at radius 2 is 1.04 bits per heavy atom. The van der Waals surface area contributed by atoms with Crippen LogP contribution in [0.4, 0.5) is 0 Å². The van der Waals surface area contributed by atoms with E-state index in [2.05, 4.69) is 13.8 Å². The molecule has 24 heavy (non-hydrogen) atoms. The van der Waals surface area contributed by atoms with Gasteiger partial charge >= 0.3 is 0 Å². The van der Waals surface area contributed by atoms with Crippen molar-refractivity contribution in [2.24, 2.45) is 0 Å². The summed E-state index contributed by atoms with van der Waals surface area (Å²) in [4.78, 5) is 25.6. The molecule has 0 saturated heterocycles. The fraction of sp³-hybridized carbons (Fsp3) is 0.364. The third-order valence-electron chi connectivity index (χ3n) is 4.33. The lowest BCUT2D eigenvalue weighted by atomic mass is 9.92. The summed E-state index contributed by atoms with van der Waals surface area (Å²) < 4.78 is 0. The van der Waals surface area contributed by atoms with Gasteiger partial charge in [0.25, 0.3) is 0 Å². The molecule has 0 N–H and O–H groups in total. The van der Waals surface area contributed by atoms with Gasteiger partial charge in [-0.1, -0.05) is 75.2 Å². The summed E-state index contributed by atoms with van der Waals surface area (Å²) in [5.74, 6) is -0.767. The molecule has 0 unspecified atom stereocenters. The van der Waals surface area contributed by atoms with Crippen LogP contribution in [0.15, 0.2) is 48.5 Å². The maximum absolute atomic E-state index is 12.8. The van der Waals surface area contributed by atoms with E-state index in [0.717, 1.165) is 49.7 Å². The third kappa shape index (κ3) is 4.41. The Bertz CT molecular complexity index is 639. The van der Waals surface area contributed by atoms with Crippen LogP contribution in [-0.2, 0) is 12.8 Å². The van der Waals surface area contributed by atoms with Gasteiger partial charge in [0, 0.05) is 11.1 Å². The minimum Gasteiger partial charge on any atom is -0.285 e. The Morgan fingerprint density at radius 3 is 1.42 bits per heavy atom. The molecule has 0 heterocycles. The monoisotopic (exact) mass is 322 g/mol. The average molecular weight is 322 g/mol. The van der Waals surface area contributed by atoms with Gasteiger partial charge in [-0.2, -0.15) is 0 Å². The van der Waals surface area contributed by atoms with E-state index in [0.29, 0.717) is 11.1 Å². The quantitative estimate of drug-likeness (QED) is 0.455. The van der Waals surface area contributed by atoms with Crippen molar-refractivity contribution in [2.75, 3.05) is 0 Å². The van der Waals surface area contributed by atoms with Gasteiger partial charge in [-0.25, -0.2) is 0 Å². The van der Waals surface area contributed by atoms with Gasteiger partial charge in [-0.05, 0) is 36.8 Å². The molecule has 0 spiro atoms. The van der Waals surface area contributed by atoms with E-state index in [1.165, 1.54) is 0 Å². The second-order valence-electron chi connectivity index (χ2n) is 6.18. The van der Waals surface area contributed by atoms with Crippen LogP contribution < -0.4 is 0 Å². The van der Waals surface area contributed by atoms with Gasteiger partial charge in [0.1, 0.15) is 0 Å². The Labute approximate surface area is 144 Å². The number of hydrogen-bond acceptors (Lipinski definition) is 2. The van der Waals surface area contributed by atoms with Crippen LogP contribution in [0, 0.1) is 0 Å². The predicted molar refractivity (Wildman–Crippen MR) is 98.8 cm³/mol. The fourth-order valence-electron chi connectivity index (χ4n) is 2.90. The van der Waals surface area contributed by atoms with Crippen molar-refractivity contribution in [3.8, 4) is 0 Å². The molecule has 2 nitrogen and oxygen atoms in total. The lowest BCUT2D eigenvalue weighted by Gasteiger charge is -2.10. The Hall–Kier alpha value is -2.22. The van der Waals surface area contributed by atoms with Gasteiger partial charge in [0.05, 0.1) is 0 Å². The molecule has 0 aliphatic carbocycles. The lowest BCUT2D eigenvalue weighted by Crippen LogP contribution is -2.18. The van der Waals surface area contributed by atoms with Crippen LogP contribution in [0.25, 0.3) is 0 Å². The number of carbonyl (C=O) groups excluding carboxylic acids is 2. The molecule has 0 aromatic heterocycles. The maximum atomic E-state index is 12.8. The lowest BCUT2D eigenvalue weighted by molar-refractivity contribution is 0.0815. The zero-order valence-corrected chi connectivity index (χ0v) is 14.7. The van der Waals surface area contributed by atoms with Gasteiger partial charge in [-0.3, -0.25) is 9.59 Å². The first-order valence-electron chi connectivity index (χ1n) is 8.93. The largest absolute Gasteiger partial charge is 0.285 e. The highest BCUT2D eigenvalue weighted by molar-refractivity contribution is 6.49. The summed E-state index contributed by atoms with van der Waals surface area (Å²) in [6.45, 7) is 4.25. The summed E-state index contributed by atoms with van der Waals surface area (Å²) in [5, 5.41) is 0. The third-order valence-corrected chi connectivity index (χ3v) is 4.33. The summed E-state index contributed by atoms with van der Waals surface area (Å²) in [7, 11) is 0. The van der Waals surface area contributed by atoms with E-state index in [1.807, 2.05) is 36.4 Å². The first kappa shape index (κ1) is 18.1. The molecule has 0 aliphatic rings. The van der Waals surface area contributed by atoms with Crippen LogP contribution >= 0.6 is 0 Å². The second-order valence-corrected chi connectivity index (χ2v) is 6.18. The number of carbonyl (C=O) groups is 2. The SMILES string of the molecule is CCCCc1ccccc1C(=O)C(=O)c1ccccc1CCCC. The van der Waals surface area contributed by atoms with Gasteiger partial charge in [0.15, 0.2) is 0 Å². The first-order chi connectivity index (χ1) is 11.7. The topological polar surface area (TPSA) is 34.1 Å². The molecule has 2 aromatic rings. The van der Waals surface area contributed by atoms with Crippen LogP contribution in [-0.4, -0.2) is 11.6 Å². The molecule has 0 bridgehead atoms. The van der Waals surface area contributed by atoms with Gasteiger partial charge in [0.2, 0.25) is 11.6 Å². The molecule has 0 radical (unpaired) electrons. The average Bonchev–Trinajstić information content (AvgIpc) is 2.64. The minimum absolute atomic E-state index is 0.384. The predicted octanol–water partition coefficient (Wildman–Crippen LogP) is 5.44. The van der Waals surface area contributed by atoms with Crippen molar-refractivity contribution in [3.05, 3.63) is 70.8 Å². The number of hydrogen-bond donors (Lipinski definition) is 0. The van der Waals surface area contributed by atoms with Gasteiger partial charge < -0.3 is 0 Å². The zero-order chi connectivity index (χ0) is 17.4. The van der Waals surface area contributed by atoms with Crippen molar-refractivity contribution in [2.45, 2.75) is 52.4 Å². The van der Waals surface area contributed by atoms with E-state index >= 15 is 0 Å². The number of aryl methyl sites for hydroxylation is 2. The Kier molecular flexibility index (Phi) is 6.92. The molecule has 0 saturated carbocycles. The smallest absolute Gasteiger partial charge is 0.233 e. The molecule has 2 heteroatoms. The van der Waals surface area contributed by atoms with Crippen molar-refractivity contribution in [1.29, 1.82) is 0 Å². The van der Waals surface area contributed by atoms with E-state index in [4.69, 9.17) is 0 Å². The molecular formula is C22H26O2. The van der Waals surface area contributed by atoms with Gasteiger partial charge in [-0.15, -0.1) is 0 Å². The standard InChI is InChI=1S/C22H26O2/c1-3-5-11-17-13-7-9-15-19(17)21(23)22(24)20-16-10-8-14-18(20)12-6-4-2/h7-10,13-16H,3-6,11-12H2,1-2H3. The zero-order valence-electron chi connectivity index (χ0n) is 14.7. The molecule has 126 valence electrons. The fourth-order valence-corrected chi connectivity index (χ4v) is 2.90. The van der Waals surface area contributed by atoms with Crippen LogP contribution in [0.5, 0.6) is 0 Å². The van der Waals surface area contributed by atoms with E-state index in [-0.39, 0.29) is 11.6 Å². The molecule has 0 amide bonds. The summed E-state index contributed by atoms with van der Waals surface area (Å²) in [5.41, 5.74) is 3.06. The Balaban J connectivity index is 2.29. The molecule has 0 aliphatic heterocycles. The number of benzene rings is 2. The number of ketones is 2. The van der Waals surface area contributed by atoms with E-state index in [9.17, 15) is 9.59 Å². The van der Waals surface area contributed by atoms with Crippen LogP contribution in [0.3, 0.4) is 0 Å². The first-order valence-corrected chi connectivity index (χ1v) is 8.93. The van der Waals surface area contributed by atoms with E-state index in [1.54, 1.807) is 12.1 Å². The van der Waals surface area contributed by atoms with Crippen LogP contribution in [0.1, 0.15) is 71.4 Å². The summed E-state index contributed by atoms with van der Waals surface area (Å²) in [6.07, 6.45) is 5.84. The highest BCUT2D eigenvalue weighted by atomic mass is 16.2. The maximum Gasteiger partial charge on any atom is 0.233 e. The molecular weight excluding hydrogens is 296 g/mol. The number of unbranched alkanes of at least 4 members (excludes halogenated alkanes) is 2. The Morgan fingerprint density at radius 1 is 0.667 bits per heavy atom. The molecule has 2 aromatic carbocycles. The molecule has 0 fully saturated rings. The highest BCUT2D eigenvalue weighted by Gasteiger charge is 2.22. The van der Waals surface area contributed by atoms with Crippen LogP contribution in [0.2, 0.25) is 0 Å². The summed E-state index contributed by atoms with van der Waals surface area (Å²) >= 11 is 0. The van der Waals surface area contributed by atoms with Crippen molar-refractivity contribution < 1.29 is 9.59 Å². The number of Topliss-reactive ketones (excluding diaryl/α,β-unsaturated/α-hetero) is 2. The van der Waals surface area contributed by atoms with Crippen molar-refractivity contribution in [3.63, 3.8) is 0 Å². The van der Waals surface area contributed by atoms with Crippen molar-refractivity contribution in [1.82, 2.24) is 0 Å². The second kappa shape index (κ2) is 9.17. The number of rotatable bonds is 9. The molecule has 2 rings (SSSR count). The highest BCUT2D eigenvalue weighted by Crippen LogP contribution is 2.18. The summed E-state index contributed by atoms with van der Waals surface area (Å²) in [6, 6.07) is 15.0.